The first-order chi connectivity index (χ1) is 17.7. The van der Waals surface area contributed by atoms with E-state index >= 15 is 0 Å². The van der Waals surface area contributed by atoms with Crippen molar-refractivity contribution in [1.82, 2.24) is 25.3 Å². The van der Waals surface area contributed by atoms with Crippen LogP contribution in [-0.2, 0) is 11.2 Å². The van der Waals surface area contributed by atoms with Crippen molar-refractivity contribution >= 4 is 34.0 Å². The average molecular weight is 501 g/mol. The van der Waals surface area contributed by atoms with E-state index in [1.165, 1.54) is 12.4 Å². The first kappa shape index (κ1) is 25.8. The summed E-state index contributed by atoms with van der Waals surface area (Å²) >= 11 is 0. The molecule has 0 aliphatic rings. The smallest absolute Gasteiger partial charge is 0.242 e. The zero-order chi connectivity index (χ0) is 26.7. The van der Waals surface area contributed by atoms with E-state index in [1.807, 2.05) is 25.1 Å². The fraction of sp³-hybridized carbons (Fsp3) is 0.259. The second-order valence-electron chi connectivity index (χ2n) is 8.79. The van der Waals surface area contributed by atoms with Gasteiger partial charge in [0.2, 0.25) is 5.91 Å². The number of nitrogens with one attached hydrogen (secondary N) is 4. The molecule has 0 fully saturated rings. The molecule has 0 radical (unpaired) electrons. The predicted molar refractivity (Wildman–Crippen MR) is 144 cm³/mol. The molecule has 1 unspecified atom stereocenters. The van der Waals surface area contributed by atoms with Crippen LogP contribution in [0.15, 0.2) is 42.7 Å². The van der Waals surface area contributed by atoms with Gasteiger partial charge in [-0.15, -0.1) is 0 Å². The van der Waals surface area contributed by atoms with Gasteiger partial charge in [0.25, 0.3) is 0 Å². The van der Waals surface area contributed by atoms with Gasteiger partial charge in [0.1, 0.15) is 29.2 Å². The Morgan fingerprint density at radius 3 is 2.62 bits per heavy atom. The maximum absolute atomic E-state index is 14.5. The molecule has 0 aliphatic carbocycles. The predicted octanol–water partition coefficient (Wildman–Crippen LogP) is 4.10. The van der Waals surface area contributed by atoms with Crippen LogP contribution in [0.5, 0.6) is 0 Å². The molecule has 1 aromatic carbocycles. The zero-order valence-electron chi connectivity index (χ0n) is 21.4. The summed E-state index contributed by atoms with van der Waals surface area (Å²) < 4.78 is 14.5. The van der Waals surface area contributed by atoms with Gasteiger partial charge >= 0.3 is 0 Å². The molecule has 0 saturated heterocycles. The van der Waals surface area contributed by atoms with Crippen molar-refractivity contribution in [3.8, 4) is 11.3 Å². The Bertz CT molecular complexity index is 1500. The van der Waals surface area contributed by atoms with Crippen molar-refractivity contribution < 1.29 is 9.18 Å². The lowest BCUT2D eigenvalue weighted by Crippen LogP contribution is -2.35. The SMILES string of the molecule is CNc1c(C(C)=N)ncnc1-c1cc(Cc2cc(C)nc3c(F)cccc23)nc(NC(=O)C(C)NC)c1. The third kappa shape index (κ3) is 5.44. The third-order valence-corrected chi connectivity index (χ3v) is 6.06. The number of nitrogens with zero attached hydrogens (tertiary/aromatic N) is 4. The van der Waals surface area contributed by atoms with Crippen molar-refractivity contribution in [2.24, 2.45) is 0 Å². The summed E-state index contributed by atoms with van der Waals surface area (Å²) in [6.07, 6.45) is 1.78. The van der Waals surface area contributed by atoms with Gasteiger partial charge in [-0.25, -0.2) is 19.3 Å². The number of anilines is 2. The van der Waals surface area contributed by atoms with Gasteiger partial charge in [0.05, 0.1) is 23.1 Å². The molecule has 4 aromatic rings. The number of rotatable bonds is 8. The Morgan fingerprint density at radius 1 is 1.14 bits per heavy atom. The maximum Gasteiger partial charge on any atom is 0.242 e. The second kappa shape index (κ2) is 10.8. The molecule has 37 heavy (non-hydrogen) atoms. The van der Waals surface area contributed by atoms with Crippen molar-refractivity contribution in [2.75, 3.05) is 24.7 Å². The van der Waals surface area contributed by atoms with Gasteiger partial charge < -0.3 is 21.4 Å². The number of para-hydroxylation sites is 1. The maximum atomic E-state index is 14.5. The molecule has 9 nitrogen and oxygen atoms in total. The number of amides is 1. The van der Waals surface area contributed by atoms with E-state index in [9.17, 15) is 9.18 Å². The van der Waals surface area contributed by atoms with Crippen LogP contribution in [0.1, 0.15) is 36.5 Å². The number of pyridine rings is 2. The van der Waals surface area contributed by atoms with Crippen molar-refractivity contribution in [3.63, 3.8) is 0 Å². The summed E-state index contributed by atoms with van der Waals surface area (Å²) in [6, 6.07) is 10.00. The first-order valence-corrected chi connectivity index (χ1v) is 11.8. The number of carbonyl (C=O) groups is 1. The Hall–Kier alpha value is -4.31. The van der Waals surface area contributed by atoms with Gasteiger partial charge in [0.15, 0.2) is 0 Å². The van der Waals surface area contributed by atoms with E-state index < -0.39 is 6.04 Å². The molecule has 0 aliphatic heterocycles. The number of aryl methyl sites for hydroxylation is 1. The van der Waals surface area contributed by atoms with Crippen molar-refractivity contribution in [3.05, 3.63) is 71.2 Å². The molecule has 10 heteroatoms. The zero-order valence-corrected chi connectivity index (χ0v) is 21.4. The van der Waals surface area contributed by atoms with Crippen LogP contribution in [0.25, 0.3) is 22.2 Å². The molecular formula is C27H29FN8O. The Morgan fingerprint density at radius 2 is 1.92 bits per heavy atom. The fourth-order valence-corrected chi connectivity index (χ4v) is 4.14. The van der Waals surface area contributed by atoms with Crippen LogP contribution in [0.4, 0.5) is 15.9 Å². The van der Waals surface area contributed by atoms with Crippen LogP contribution in [0.2, 0.25) is 0 Å². The summed E-state index contributed by atoms with van der Waals surface area (Å²) in [7, 11) is 3.45. The lowest BCUT2D eigenvalue weighted by molar-refractivity contribution is -0.117. The fourth-order valence-electron chi connectivity index (χ4n) is 4.14. The molecule has 3 heterocycles. The third-order valence-electron chi connectivity index (χ3n) is 6.06. The first-order valence-electron chi connectivity index (χ1n) is 11.8. The van der Waals surface area contributed by atoms with Gasteiger partial charge in [0, 0.05) is 35.8 Å². The van der Waals surface area contributed by atoms with Crippen molar-refractivity contribution in [2.45, 2.75) is 33.2 Å². The van der Waals surface area contributed by atoms with Gasteiger partial charge in [-0.05, 0) is 57.6 Å². The minimum absolute atomic E-state index is 0.238. The molecule has 0 bridgehead atoms. The Labute approximate surface area is 214 Å². The molecule has 3 aromatic heterocycles. The van der Waals surface area contributed by atoms with Crippen LogP contribution in [-0.4, -0.2) is 51.7 Å². The van der Waals surface area contributed by atoms with Gasteiger partial charge in [-0.1, -0.05) is 12.1 Å². The summed E-state index contributed by atoms with van der Waals surface area (Å²) in [6.45, 7) is 5.24. The van der Waals surface area contributed by atoms with Crippen molar-refractivity contribution in [1.29, 1.82) is 5.41 Å². The van der Waals surface area contributed by atoms with E-state index in [0.717, 1.165) is 5.56 Å². The second-order valence-corrected chi connectivity index (χ2v) is 8.79. The highest BCUT2D eigenvalue weighted by atomic mass is 19.1. The highest BCUT2D eigenvalue weighted by molar-refractivity contribution is 6.02. The number of carbonyl (C=O) groups excluding carboxylic acids is 1. The number of fused-ring (bicyclic) bond motifs is 1. The van der Waals surface area contributed by atoms with E-state index in [0.29, 0.717) is 62.9 Å². The molecule has 4 N–H and O–H groups in total. The van der Waals surface area contributed by atoms with E-state index in [2.05, 4.69) is 30.9 Å². The minimum atomic E-state index is -0.428. The molecule has 0 spiro atoms. The number of likely N-dealkylation sites (N-methyl/N-ethyl adjacent to an activating group) is 1. The van der Waals surface area contributed by atoms with Crippen LogP contribution >= 0.6 is 0 Å². The molecule has 0 saturated carbocycles. The summed E-state index contributed by atoms with van der Waals surface area (Å²) in [5.41, 5.74) is 5.14. The molecule has 4 rings (SSSR count). The standard InChI is InChI=1S/C27H29FN8O/c1-14-9-17(20-7-6-8-21(28)25(20)34-14)10-19-11-18(12-22(35-19)36-27(37)16(3)30-4)24-26(31-5)23(15(2)29)32-13-33-24/h6-9,11-13,16,29-31H,10H2,1-5H3,(H,35,36,37). The van der Waals surface area contributed by atoms with E-state index in [-0.39, 0.29) is 11.7 Å². The normalized spacial score (nSPS) is 11.8. The van der Waals surface area contributed by atoms with E-state index in [4.69, 9.17) is 10.4 Å². The lowest BCUT2D eigenvalue weighted by Gasteiger charge is -2.16. The number of aromatic nitrogens is 4. The highest BCUT2D eigenvalue weighted by Gasteiger charge is 2.18. The molecular weight excluding hydrogens is 471 g/mol. The Kier molecular flexibility index (Phi) is 7.49. The number of hydrogen-bond acceptors (Lipinski definition) is 8. The van der Waals surface area contributed by atoms with Gasteiger partial charge in [-0.2, -0.15) is 0 Å². The highest BCUT2D eigenvalue weighted by Crippen LogP contribution is 2.31. The number of benzene rings is 1. The monoisotopic (exact) mass is 500 g/mol. The van der Waals surface area contributed by atoms with Crippen LogP contribution in [0, 0.1) is 18.2 Å². The Balaban J connectivity index is 1.87. The van der Waals surface area contributed by atoms with Crippen LogP contribution < -0.4 is 16.0 Å². The summed E-state index contributed by atoms with van der Waals surface area (Å²) in [4.78, 5) is 30.5. The topological polar surface area (TPSA) is 129 Å². The average Bonchev–Trinajstić information content (AvgIpc) is 2.88. The quantitative estimate of drug-likeness (QED) is 0.268. The molecule has 1 amide bonds. The molecule has 1 atom stereocenters. The summed E-state index contributed by atoms with van der Waals surface area (Å²) in [5, 5.41) is 17.7. The number of halogens is 1. The van der Waals surface area contributed by atoms with Gasteiger partial charge in [-0.3, -0.25) is 9.78 Å². The van der Waals surface area contributed by atoms with E-state index in [1.54, 1.807) is 40.1 Å². The largest absolute Gasteiger partial charge is 0.385 e. The van der Waals surface area contributed by atoms with Crippen LogP contribution in [0.3, 0.4) is 0 Å². The number of hydrogen-bond donors (Lipinski definition) is 4. The minimum Gasteiger partial charge on any atom is -0.385 e. The lowest BCUT2D eigenvalue weighted by atomic mass is 10.0. The molecule has 190 valence electrons. The summed E-state index contributed by atoms with van der Waals surface area (Å²) in [5.74, 6) is -0.264.